The van der Waals surface area contributed by atoms with Gasteiger partial charge in [0.05, 0.1) is 0 Å². The average molecular weight is 339 g/mol. The second kappa shape index (κ2) is 9.29. The van der Waals surface area contributed by atoms with E-state index in [2.05, 4.69) is 43.4 Å². The summed E-state index contributed by atoms with van der Waals surface area (Å²) in [4.78, 5) is 12.5. The molecule has 0 saturated heterocycles. The summed E-state index contributed by atoms with van der Waals surface area (Å²) in [7, 11) is 0. The lowest BCUT2D eigenvalue weighted by molar-refractivity contribution is -0.126. The number of nitrogens with two attached hydrogens (primary N) is 1. The summed E-state index contributed by atoms with van der Waals surface area (Å²) in [5.74, 6) is 0.295. The van der Waals surface area contributed by atoms with Crippen LogP contribution in [0, 0.1) is 5.92 Å². The SMILES string of the molecule is CCC(CC)(CNC(=O)C1CCCC(N)C1)c1ccccc1.Cl. The highest BCUT2D eigenvalue weighted by atomic mass is 35.5. The Kier molecular flexibility index (Phi) is 8.07. The molecule has 1 fully saturated rings. The molecule has 0 bridgehead atoms. The molecule has 2 rings (SSSR count). The third-order valence-electron chi connectivity index (χ3n) is 5.43. The third kappa shape index (κ3) is 4.95. The zero-order valence-electron chi connectivity index (χ0n) is 14.4. The lowest BCUT2D eigenvalue weighted by Gasteiger charge is -2.34. The van der Waals surface area contributed by atoms with Gasteiger partial charge in [0.1, 0.15) is 0 Å². The van der Waals surface area contributed by atoms with Gasteiger partial charge in [0, 0.05) is 23.9 Å². The average Bonchev–Trinajstić information content (AvgIpc) is 2.57. The standard InChI is InChI=1S/C19H30N2O.ClH/c1-3-19(4-2,16-10-6-5-7-11-16)14-21-18(22)15-9-8-12-17(20)13-15;/h5-7,10-11,15,17H,3-4,8-9,12-14,20H2,1-2H3,(H,21,22);1H. The van der Waals surface area contributed by atoms with E-state index in [1.54, 1.807) is 0 Å². The van der Waals surface area contributed by atoms with Gasteiger partial charge in [-0.15, -0.1) is 12.4 Å². The zero-order valence-corrected chi connectivity index (χ0v) is 15.2. The van der Waals surface area contributed by atoms with Crippen LogP contribution in [0.25, 0.3) is 0 Å². The first kappa shape index (κ1) is 20.0. The fourth-order valence-electron chi connectivity index (χ4n) is 3.67. The highest BCUT2D eigenvalue weighted by Gasteiger charge is 2.31. The van der Waals surface area contributed by atoms with Crippen LogP contribution in [0.2, 0.25) is 0 Å². The molecule has 0 aliphatic heterocycles. The molecule has 23 heavy (non-hydrogen) atoms. The molecule has 3 N–H and O–H groups in total. The molecule has 2 atom stereocenters. The van der Waals surface area contributed by atoms with Crippen LogP contribution in [0.15, 0.2) is 30.3 Å². The van der Waals surface area contributed by atoms with Gasteiger partial charge in [0.2, 0.25) is 5.91 Å². The maximum atomic E-state index is 12.5. The number of carbonyl (C=O) groups is 1. The van der Waals surface area contributed by atoms with Crippen LogP contribution in [0.4, 0.5) is 0 Å². The van der Waals surface area contributed by atoms with Crippen molar-refractivity contribution < 1.29 is 4.79 Å². The predicted octanol–water partition coefficient (Wildman–Crippen LogP) is 3.80. The predicted molar refractivity (Wildman–Crippen MR) is 98.9 cm³/mol. The topological polar surface area (TPSA) is 55.1 Å². The molecule has 1 saturated carbocycles. The van der Waals surface area contributed by atoms with Crippen LogP contribution in [-0.2, 0) is 10.2 Å². The van der Waals surface area contributed by atoms with E-state index in [9.17, 15) is 4.79 Å². The molecule has 2 unspecified atom stereocenters. The highest BCUT2D eigenvalue weighted by Crippen LogP contribution is 2.31. The number of hydrogen-bond acceptors (Lipinski definition) is 2. The summed E-state index contributed by atoms with van der Waals surface area (Å²) in [6.07, 6.45) is 6.00. The molecule has 0 radical (unpaired) electrons. The van der Waals surface area contributed by atoms with Gasteiger partial charge in [-0.25, -0.2) is 0 Å². The van der Waals surface area contributed by atoms with Crippen molar-refractivity contribution in [2.24, 2.45) is 11.7 Å². The van der Waals surface area contributed by atoms with Gasteiger partial charge in [0.25, 0.3) is 0 Å². The van der Waals surface area contributed by atoms with Gasteiger partial charge in [-0.1, -0.05) is 50.6 Å². The number of benzene rings is 1. The number of amides is 1. The maximum absolute atomic E-state index is 12.5. The van der Waals surface area contributed by atoms with Crippen molar-refractivity contribution in [3.63, 3.8) is 0 Å². The molecule has 1 amide bonds. The molecule has 1 aromatic rings. The number of halogens is 1. The number of hydrogen-bond donors (Lipinski definition) is 2. The van der Waals surface area contributed by atoms with E-state index in [4.69, 9.17) is 5.73 Å². The van der Waals surface area contributed by atoms with Crippen molar-refractivity contribution in [3.05, 3.63) is 35.9 Å². The smallest absolute Gasteiger partial charge is 0.223 e. The minimum absolute atomic E-state index is 0. The summed E-state index contributed by atoms with van der Waals surface area (Å²) >= 11 is 0. The largest absolute Gasteiger partial charge is 0.355 e. The highest BCUT2D eigenvalue weighted by molar-refractivity contribution is 5.85. The van der Waals surface area contributed by atoms with E-state index in [-0.39, 0.29) is 35.7 Å². The van der Waals surface area contributed by atoms with Crippen LogP contribution < -0.4 is 11.1 Å². The minimum atomic E-state index is 0. The molecule has 0 aromatic heterocycles. The van der Waals surface area contributed by atoms with Crippen molar-refractivity contribution in [2.45, 2.75) is 63.8 Å². The first-order valence-electron chi connectivity index (χ1n) is 8.70. The van der Waals surface area contributed by atoms with E-state index in [0.717, 1.165) is 38.5 Å². The van der Waals surface area contributed by atoms with E-state index in [0.29, 0.717) is 6.54 Å². The lowest BCUT2D eigenvalue weighted by atomic mass is 9.75. The Morgan fingerprint density at radius 3 is 2.43 bits per heavy atom. The van der Waals surface area contributed by atoms with E-state index in [1.165, 1.54) is 5.56 Å². The van der Waals surface area contributed by atoms with Crippen molar-refractivity contribution in [3.8, 4) is 0 Å². The van der Waals surface area contributed by atoms with Gasteiger partial charge in [-0.3, -0.25) is 4.79 Å². The molecular weight excluding hydrogens is 308 g/mol. The Morgan fingerprint density at radius 1 is 1.22 bits per heavy atom. The Morgan fingerprint density at radius 2 is 1.87 bits per heavy atom. The van der Waals surface area contributed by atoms with Gasteiger partial charge >= 0.3 is 0 Å². The number of nitrogens with one attached hydrogen (secondary N) is 1. The molecule has 0 heterocycles. The third-order valence-corrected chi connectivity index (χ3v) is 5.43. The first-order chi connectivity index (χ1) is 10.6. The molecular formula is C19H31ClN2O. The van der Waals surface area contributed by atoms with Crippen LogP contribution in [0.5, 0.6) is 0 Å². The summed E-state index contributed by atoms with van der Waals surface area (Å²) in [6, 6.07) is 10.8. The van der Waals surface area contributed by atoms with E-state index >= 15 is 0 Å². The lowest BCUT2D eigenvalue weighted by Crippen LogP contribution is -2.44. The van der Waals surface area contributed by atoms with E-state index in [1.807, 2.05) is 6.07 Å². The Labute approximate surface area is 146 Å². The molecule has 4 heteroatoms. The molecule has 3 nitrogen and oxygen atoms in total. The summed E-state index contributed by atoms with van der Waals surface area (Å²) in [5, 5.41) is 3.22. The van der Waals surface area contributed by atoms with Crippen LogP contribution in [0.3, 0.4) is 0 Å². The van der Waals surface area contributed by atoms with Crippen molar-refractivity contribution in [1.82, 2.24) is 5.32 Å². The fourth-order valence-corrected chi connectivity index (χ4v) is 3.67. The van der Waals surface area contributed by atoms with Gasteiger partial charge < -0.3 is 11.1 Å². The second-order valence-corrected chi connectivity index (χ2v) is 6.69. The Hall–Kier alpha value is -1.06. The summed E-state index contributed by atoms with van der Waals surface area (Å²) in [6.45, 7) is 5.13. The van der Waals surface area contributed by atoms with Crippen LogP contribution in [0.1, 0.15) is 57.9 Å². The maximum Gasteiger partial charge on any atom is 0.223 e. The molecule has 130 valence electrons. The van der Waals surface area contributed by atoms with Crippen molar-refractivity contribution in [1.29, 1.82) is 0 Å². The Balaban J connectivity index is 0.00000264. The first-order valence-corrected chi connectivity index (χ1v) is 8.70. The normalized spacial score (nSPS) is 21.3. The van der Waals surface area contributed by atoms with Gasteiger partial charge in [0.15, 0.2) is 0 Å². The minimum Gasteiger partial charge on any atom is -0.355 e. The molecule has 1 aromatic carbocycles. The number of carbonyl (C=O) groups excluding carboxylic acids is 1. The Bertz CT molecular complexity index is 474. The monoisotopic (exact) mass is 338 g/mol. The van der Waals surface area contributed by atoms with Gasteiger partial charge in [-0.2, -0.15) is 0 Å². The molecule has 1 aliphatic carbocycles. The van der Waals surface area contributed by atoms with E-state index < -0.39 is 0 Å². The second-order valence-electron chi connectivity index (χ2n) is 6.69. The van der Waals surface area contributed by atoms with Crippen molar-refractivity contribution in [2.75, 3.05) is 6.54 Å². The van der Waals surface area contributed by atoms with Crippen LogP contribution in [-0.4, -0.2) is 18.5 Å². The van der Waals surface area contributed by atoms with Crippen molar-refractivity contribution >= 4 is 18.3 Å². The number of rotatable bonds is 6. The summed E-state index contributed by atoms with van der Waals surface area (Å²) in [5.41, 5.74) is 7.36. The molecule has 0 spiro atoms. The molecule has 1 aliphatic rings. The van der Waals surface area contributed by atoms with Crippen LogP contribution >= 0.6 is 12.4 Å². The fraction of sp³-hybridized carbons (Fsp3) is 0.632. The summed E-state index contributed by atoms with van der Waals surface area (Å²) < 4.78 is 0. The quantitative estimate of drug-likeness (QED) is 0.828. The zero-order chi connectivity index (χ0) is 16.0. The van der Waals surface area contributed by atoms with Gasteiger partial charge in [-0.05, 0) is 37.7 Å².